The highest BCUT2D eigenvalue weighted by Crippen LogP contribution is 2.36. The molecule has 0 bridgehead atoms. The Morgan fingerprint density at radius 1 is 0.379 bits per heavy atom. The van der Waals surface area contributed by atoms with E-state index < -0.39 is 34.5 Å². The fourth-order valence-electron chi connectivity index (χ4n) is 3.22. The van der Waals surface area contributed by atoms with E-state index in [1.54, 1.807) is 12.1 Å². The fourth-order valence-corrected chi connectivity index (χ4v) is 3.22. The standard InChI is InChI=1S/C22H22O7/c23-16-6-12(1-3-14-8-17(24)21(28)18(25)9-14)5-13(7-16)2-4-15-10-19(26)22(29)20(27)11-15/h5-11,23-29H,1-4H2. The highest BCUT2D eigenvalue weighted by Gasteiger charge is 2.10. The Morgan fingerprint density at radius 2 is 0.655 bits per heavy atom. The van der Waals surface area contributed by atoms with Gasteiger partial charge in [-0.05, 0) is 84.3 Å². The maximum atomic E-state index is 10.0. The first-order valence-electron chi connectivity index (χ1n) is 9.02. The van der Waals surface area contributed by atoms with Gasteiger partial charge in [-0.15, -0.1) is 0 Å². The number of hydrogen-bond acceptors (Lipinski definition) is 7. The molecule has 7 nitrogen and oxygen atoms in total. The van der Waals surface area contributed by atoms with E-state index >= 15 is 0 Å². The van der Waals surface area contributed by atoms with Crippen LogP contribution in [-0.2, 0) is 25.7 Å². The Morgan fingerprint density at radius 3 is 0.966 bits per heavy atom. The van der Waals surface area contributed by atoms with Crippen molar-refractivity contribution in [2.45, 2.75) is 25.7 Å². The second-order valence-electron chi connectivity index (χ2n) is 6.97. The van der Waals surface area contributed by atoms with Crippen molar-refractivity contribution in [1.29, 1.82) is 0 Å². The van der Waals surface area contributed by atoms with Crippen molar-refractivity contribution < 1.29 is 35.7 Å². The highest BCUT2D eigenvalue weighted by atomic mass is 16.3. The number of rotatable bonds is 6. The van der Waals surface area contributed by atoms with Crippen LogP contribution in [0.2, 0.25) is 0 Å². The molecular weight excluding hydrogens is 376 g/mol. The van der Waals surface area contributed by atoms with Gasteiger partial charge in [-0.2, -0.15) is 0 Å². The number of aryl methyl sites for hydroxylation is 4. The van der Waals surface area contributed by atoms with Crippen molar-refractivity contribution in [1.82, 2.24) is 0 Å². The van der Waals surface area contributed by atoms with Gasteiger partial charge in [0.2, 0.25) is 0 Å². The Hall–Kier alpha value is -3.74. The quantitative estimate of drug-likeness (QED) is 0.316. The topological polar surface area (TPSA) is 142 Å². The zero-order valence-corrected chi connectivity index (χ0v) is 15.5. The minimum atomic E-state index is -0.556. The van der Waals surface area contributed by atoms with Crippen molar-refractivity contribution in [3.8, 4) is 40.2 Å². The van der Waals surface area contributed by atoms with E-state index in [0.717, 1.165) is 11.1 Å². The van der Waals surface area contributed by atoms with E-state index in [1.165, 1.54) is 24.3 Å². The van der Waals surface area contributed by atoms with Crippen LogP contribution in [0.15, 0.2) is 42.5 Å². The molecule has 0 aliphatic carbocycles. The smallest absolute Gasteiger partial charge is 0.200 e. The summed E-state index contributed by atoms with van der Waals surface area (Å²) in [5, 5.41) is 67.2. The van der Waals surface area contributed by atoms with Gasteiger partial charge in [-0.25, -0.2) is 0 Å². The zero-order chi connectivity index (χ0) is 21.1. The maximum absolute atomic E-state index is 10.0. The average molecular weight is 398 g/mol. The maximum Gasteiger partial charge on any atom is 0.200 e. The lowest BCUT2D eigenvalue weighted by Gasteiger charge is -2.10. The van der Waals surface area contributed by atoms with E-state index in [4.69, 9.17) is 0 Å². The molecule has 0 amide bonds. The number of aromatic hydroxyl groups is 7. The molecule has 7 heteroatoms. The molecule has 152 valence electrons. The number of phenolic OH excluding ortho intramolecular Hbond substituents is 7. The monoisotopic (exact) mass is 398 g/mol. The summed E-state index contributed by atoms with van der Waals surface area (Å²) in [7, 11) is 0. The van der Waals surface area contributed by atoms with Crippen LogP contribution in [0.5, 0.6) is 40.2 Å². The predicted octanol–water partition coefficient (Wildman–Crippen LogP) is 3.20. The molecule has 7 N–H and O–H groups in total. The zero-order valence-electron chi connectivity index (χ0n) is 15.5. The molecule has 0 saturated carbocycles. The molecule has 0 spiro atoms. The van der Waals surface area contributed by atoms with Crippen LogP contribution < -0.4 is 0 Å². The van der Waals surface area contributed by atoms with Gasteiger partial charge in [0, 0.05) is 0 Å². The number of phenols is 7. The molecule has 0 atom stereocenters. The van der Waals surface area contributed by atoms with Crippen LogP contribution in [-0.4, -0.2) is 35.7 Å². The summed E-state index contributed by atoms with van der Waals surface area (Å²) in [5.74, 6) is -2.58. The molecule has 29 heavy (non-hydrogen) atoms. The third-order valence-corrected chi connectivity index (χ3v) is 4.70. The average Bonchev–Trinajstić information content (AvgIpc) is 2.66. The summed E-state index contributed by atoms with van der Waals surface area (Å²) in [6.07, 6.45) is 2.02. The molecule has 0 radical (unpaired) electrons. The van der Waals surface area contributed by atoms with Crippen LogP contribution >= 0.6 is 0 Å². The van der Waals surface area contributed by atoms with Crippen molar-refractivity contribution in [3.05, 3.63) is 64.7 Å². The van der Waals surface area contributed by atoms with Gasteiger partial charge in [0.15, 0.2) is 34.5 Å². The Labute approximate surface area is 167 Å². The van der Waals surface area contributed by atoms with E-state index in [2.05, 4.69) is 0 Å². The first-order valence-corrected chi connectivity index (χ1v) is 9.02. The van der Waals surface area contributed by atoms with Crippen molar-refractivity contribution >= 4 is 0 Å². The summed E-state index contributed by atoms with van der Waals surface area (Å²) in [5.41, 5.74) is 2.97. The Bertz CT molecular complexity index is 918. The highest BCUT2D eigenvalue weighted by molar-refractivity contribution is 5.52. The summed E-state index contributed by atoms with van der Waals surface area (Å²) in [4.78, 5) is 0. The number of benzene rings is 3. The van der Waals surface area contributed by atoms with Gasteiger partial charge >= 0.3 is 0 Å². The summed E-state index contributed by atoms with van der Waals surface area (Å²) < 4.78 is 0. The number of hydrogen-bond donors (Lipinski definition) is 7. The Kier molecular flexibility index (Phi) is 5.59. The summed E-state index contributed by atoms with van der Waals surface area (Å²) >= 11 is 0. The SMILES string of the molecule is Oc1cc(CCc2cc(O)c(O)c(O)c2)cc(CCc2cc(O)c(O)c(O)c2)c1. The van der Waals surface area contributed by atoms with E-state index in [9.17, 15) is 35.7 Å². The van der Waals surface area contributed by atoms with Crippen molar-refractivity contribution in [3.63, 3.8) is 0 Å². The third-order valence-electron chi connectivity index (χ3n) is 4.70. The van der Waals surface area contributed by atoms with Crippen LogP contribution in [0.4, 0.5) is 0 Å². The van der Waals surface area contributed by atoms with Crippen LogP contribution in [0.1, 0.15) is 22.3 Å². The molecule has 3 aromatic carbocycles. The molecule has 0 saturated heterocycles. The first-order chi connectivity index (χ1) is 13.7. The molecule has 0 aliphatic heterocycles. The van der Waals surface area contributed by atoms with Crippen LogP contribution in [0, 0.1) is 0 Å². The minimum Gasteiger partial charge on any atom is -0.508 e. The molecule has 0 aliphatic rings. The minimum absolute atomic E-state index is 0.102. The molecule has 0 unspecified atom stereocenters. The van der Waals surface area contributed by atoms with Gasteiger partial charge < -0.3 is 35.7 Å². The van der Waals surface area contributed by atoms with Gasteiger partial charge in [0.1, 0.15) is 5.75 Å². The van der Waals surface area contributed by atoms with Gasteiger partial charge in [-0.1, -0.05) is 6.07 Å². The molecule has 3 rings (SSSR count). The van der Waals surface area contributed by atoms with E-state index in [1.807, 2.05) is 6.07 Å². The van der Waals surface area contributed by atoms with Gasteiger partial charge in [-0.3, -0.25) is 0 Å². The summed E-state index contributed by atoms with van der Waals surface area (Å²) in [6, 6.07) is 10.7. The normalized spacial score (nSPS) is 10.9. The van der Waals surface area contributed by atoms with Crippen molar-refractivity contribution in [2.75, 3.05) is 0 Å². The molecule has 3 aromatic rings. The third kappa shape index (κ3) is 4.76. The lowest BCUT2D eigenvalue weighted by atomic mass is 9.98. The molecule has 0 aromatic heterocycles. The van der Waals surface area contributed by atoms with E-state index in [0.29, 0.717) is 36.8 Å². The molecule has 0 fully saturated rings. The van der Waals surface area contributed by atoms with Crippen molar-refractivity contribution in [2.24, 2.45) is 0 Å². The second kappa shape index (κ2) is 8.10. The molecular formula is C22H22O7. The lowest BCUT2D eigenvalue weighted by molar-refractivity contribution is 0.367. The fraction of sp³-hybridized carbons (Fsp3) is 0.182. The Balaban J connectivity index is 1.70. The summed E-state index contributed by atoms with van der Waals surface area (Å²) in [6.45, 7) is 0. The van der Waals surface area contributed by atoms with Crippen LogP contribution in [0.3, 0.4) is 0 Å². The molecule has 0 heterocycles. The van der Waals surface area contributed by atoms with Gasteiger partial charge in [0.05, 0.1) is 0 Å². The van der Waals surface area contributed by atoms with Crippen LogP contribution in [0.25, 0.3) is 0 Å². The van der Waals surface area contributed by atoms with Gasteiger partial charge in [0.25, 0.3) is 0 Å². The largest absolute Gasteiger partial charge is 0.508 e. The second-order valence-corrected chi connectivity index (χ2v) is 6.97. The lowest BCUT2D eigenvalue weighted by Crippen LogP contribution is -1.96. The van der Waals surface area contributed by atoms with E-state index in [-0.39, 0.29) is 5.75 Å². The predicted molar refractivity (Wildman–Crippen MR) is 106 cm³/mol. The first kappa shape index (κ1) is 20.0.